The molecule has 0 saturated heterocycles. The molecular weight excluding hydrogens is 174 g/mol. The Hall–Kier alpha value is -1.80. The Bertz CT molecular complexity index is 367. The molecule has 0 bridgehead atoms. The van der Waals surface area contributed by atoms with Gasteiger partial charge in [-0.25, -0.2) is 0 Å². The lowest BCUT2D eigenvalue weighted by atomic mass is 10.00. The third-order valence-electron chi connectivity index (χ3n) is 1.93. The van der Waals surface area contributed by atoms with E-state index in [1.165, 1.54) is 0 Å². The van der Waals surface area contributed by atoms with Gasteiger partial charge in [-0.15, -0.1) is 0 Å². The van der Waals surface area contributed by atoms with Crippen LogP contribution in [0.5, 0.6) is 5.75 Å². The van der Waals surface area contributed by atoms with E-state index in [4.69, 9.17) is 0 Å². The van der Waals surface area contributed by atoms with Crippen molar-refractivity contribution in [2.45, 2.75) is 0 Å². The lowest BCUT2D eigenvalue weighted by Gasteiger charge is -2.07. The molecule has 2 nitrogen and oxygen atoms in total. The van der Waals surface area contributed by atoms with Crippen molar-refractivity contribution in [2.75, 3.05) is 0 Å². The quantitative estimate of drug-likeness (QED) is 0.764. The predicted molar refractivity (Wildman–Crippen MR) is 63.4 cm³/mol. The molecule has 14 heavy (non-hydrogen) atoms. The van der Waals surface area contributed by atoms with Crippen molar-refractivity contribution in [3.05, 3.63) is 48.6 Å². The normalized spacial score (nSPS) is 8.57. The maximum absolute atomic E-state index is 9.49. The largest absolute Gasteiger partial charge is 0.507 e. The van der Waals surface area contributed by atoms with Crippen molar-refractivity contribution in [1.29, 1.82) is 0 Å². The molecule has 0 fully saturated rings. The first-order valence-corrected chi connectivity index (χ1v) is 3.98. The van der Waals surface area contributed by atoms with Gasteiger partial charge in [0.25, 0.3) is 0 Å². The highest BCUT2D eigenvalue weighted by molar-refractivity contribution is 5.75. The lowest BCUT2D eigenvalue weighted by molar-refractivity contribution is 0.474. The highest BCUT2D eigenvalue weighted by atomic mass is 16.3. The molecule has 0 spiro atoms. The Labute approximate surface area is 84.5 Å². The summed E-state index contributed by atoms with van der Waals surface area (Å²) in [5.74, 6) is 0.218. The van der Waals surface area contributed by atoms with E-state index in [9.17, 15) is 5.11 Å². The van der Waals surface area contributed by atoms with Gasteiger partial charge in [-0.3, -0.25) is 0 Å². The van der Waals surface area contributed by atoms with Gasteiger partial charge in [0, 0.05) is 5.56 Å². The number of phenols is 1. The van der Waals surface area contributed by atoms with Crippen molar-refractivity contribution in [1.82, 2.24) is 6.15 Å². The van der Waals surface area contributed by atoms with Crippen LogP contribution in [-0.4, -0.2) is 5.11 Å². The molecule has 0 unspecified atom stereocenters. The molecule has 0 saturated carbocycles. The predicted octanol–water partition coefficient (Wildman–Crippen LogP) is 3.48. The molecular formula is C12H15NO. The second kappa shape index (κ2) is 5.04. The minimum absolute atomic E-state index is 0. The van der Waals surface area contributed by atoms with Gasteiger partial charge in [-0.05, 0) is 17.2 Å². The van der Waals surface area contributed by atoms with Crippen molar-refractivity contribution in [2.24, 2.45) is 0 Å². The molecule has 0 atom stereocenters. The summed E-state index contributed by atoms with van der Waals surface area (Å²) in [6.07, 6.45) is 5.02. The second-order valence-electron chi connectivity index (χ2n) is 2.61. The third-order valence-corrected chi connectivity index (χ3v) is 1.93. The third kappa shape index (κ3) is 1.92. The molecule has 0 radical (unpaired) electrons. The number of hydrogen-bond donors (Lipinski definition) is 2. The van der Waals surface area contributed by atoms with Crippen LogP contribution in [-0.2, 0) is 0 Å². The summed E-state index contributed by atoms with van der Waals surface area (Å²) >= 11 is 0. The molecule has 0 aliphatic heterocycles. The average Bonchev–Trinajstić information content (AvgIpc) is 2.17. The van der Waals surface area contributed by atoms with Crippen LogP contribution >= 0.6 is 0 Å². The van der Waals surface area contributed by atoms with Crippen LogP contribution in [0.4, 0.5) is 0 Å². The zero-order valence-corrected chi connectivity index (χ0v) is 8.16. The van der Waals surface area contributed by atoms with Crippen molar-refractivity contribution in [3.63, 3.8) is 0 Å². The van der Waals surface area contributed by atoms with Crippen molar-refractivity contribution in [3.8, 4) is 5.75 Å². The molecule has 0 heterocycles. The van der Waals surface area contributed by atoms with Gasteiger partial charge >= 0.3 is 0 Å². The fourth-order valence-electron chi connectivity index (χ4n) is 1.26. The Balaban J connectivity index is 0.00000169. The summed E-state index contributed by atoms with van der Waals surface area (Å²) in [5.41, 5.74) is 2.51. The summed E-state index contributed by atoms with van der Waals surface area (Å²) < 4.78 is 0. The van der Waals surface area contributed by atoms with Crippen LogP contribution in [0.2, 0.25) is 0 Å². The van der Waals surface area contributed by atoms with E-state index in [1.54, 1.807) is 30.4 Å². The van der Waals surface area contributed by atoms with Gasteiger partial charge in [0.2, 0.25) is 0 Å². The molecule has 74 valence electrons. The number of rotatable bonds is 3. The highest BCUT2D eigenvalue weighted by Gasteiger charge is 2.04. The number of aromatic hydroxyl groups is 1. The Morgan fingerprint density at radius 1 is 0.929 bits per heavy atom. The smallest absolute Gasteiger partial charge is 0.123 e. The van der Waals surface area contributed by atoms with Crippen LogP contribution in [0.25, 0.3) is 18.2 Å². The molecule has 1 aromatic carbocycles. The van der Waals surface area contributed by atoms with E-state index in [0.29, 0.717) is 5.56 Å². The van der Waals surface area contributed by atoms with Gasteiger partial charge in [0.05, 0.1) is 0 Å². The Morgan fingerprint density at radius 2 is 1.50 bits per heavy atom. The lowest BCUT2D eigenvalue weighted by Crippen LogP contribution is -1.86. The molecule has 0 aliphatic carbocycles. The van der Waals surface area contributed by atoms with Crippen LogP contribution in [0.15, 0.2) is 31.9 Å². The molecule has 1 aromatic rings. The van der Waals surface area contributed by atoms with Crippen LogP contribution in [0.3, 0.4) is 0 Å². The van der Waals surface area contributed by atoms with Gasteiger partial charge in [-0.1, -0.05) is 44.0 Å². The van der Waals surface area contributed by atoms with Crippen LogP contribution < -0.4 is 6.15 Å². The first-order valence-electron chi connectivity index (χ1n) is 3.98. The molecule has 0 amide bonds. The fourth-order valence-corrected chi connectivity index (χ4v) is 1.26. The van der Waals surface area contributed by atoms with Crippen LogP contribution in [0.1, 0.15) is 16.7 Å². The van der Waals surface area contributed by atoms with Gasteiger partial charge in [0.15, 0.2) is 0 Å². The van der Waals surface area contributed by atoms with E-state index in [-0.39, 0.29) is 11.9 Å². The zero-order chi connectivity index (χ0) is 9.84. The summed E-state index contributed by atoms with van der Waals surface area (Å²) in [6, 6.07) is 3.42. The van der Waals surface area contributed by atoms with Crippen molar-refractivity contribution >= 4 is 18.2 Å². The van der Waals surface area contributed by atoms with Crippen LogP contribution in [0, 0.1) is 0 Å². The Kier molecular flexibility index (Phi) is 4.40. The average molecular weight is 189 g/mol. The van der Waals surface area contributed by atoms with E-state index in [1.807, 2.05) is 0 Å². The van der Waals surface area contributed by atoms with E-state index < -0.39 is 0 Å². The first-order chi connectivity index (χ1) is 6.24. The fraction of sp³-hybridized carbons (Fsp3) is 0. The van der Waals surface area contributed by atoms with E-state index in [0.717, 1.165) is 11.1 Å². The van der Waals surface area contributed by atoms with Crippen molar-refractivity contribution < 1.29 is 5.11 Å². The van der Waals surface area contributed by atoms with E-state index >= 15 is 0 Å². The highest BCUT2D eigenvalue weighted by Crippen LogP contribution is 2.27. The summed E-state index contributed by atoms with van der Waals surface area (Å²) in [4.78, 5) is 0. The maximum Gasteiger partial charge on any atom is 0.123 e. The second-order valence-corrected chi connectivity index (χ2v) is 2.61. The SMILES string of the molecule is C=Cc1ccc(O)c(C=C)c1C=C.N. The molecule has 0 aliphatic rings. The number of hydrogen-bond acceptors (Lipinski definition) is 2. The minimum atomic E-state index is 0. The minimum Gasteiger partial charge on any atom is -0.507 e. The molecule has 4 N–H and O–H groups in total. The van der Waals surface area contributed by atoms with Gasteiger partial charge < -0.3 is 11.3 Å². The monoisotopic (exact) mass is 189 g/mol. The standard InChI is InChI=1S/C12H12O.H3N/c1-4-9-7-8-12(13)11(6-3)10(9)5-2;/h4-8,13H,1-3H2;1H3. The Morgan fingerprint density at radius 3 is 1.93 bits per heavy atom. The topological polar surface area (TPSA) is 55.2 Å². The zero-order valence-electron chi connectivity index (χ0n) is 8.16. The number of benzene rings is 1. The summed E-state index contributed by atoms with van der Waals surface area (Å²) in [5, 5.41) is 9.49. The van der Waals surface area contributed by atoms with Gasteiger partial charge in [-0.2, -0.15) is 0 Å². The number of phenolic OH excluding ortho intramolecular Hbond substituents is 1. The summed E-state index contributed by atoms with van der Waals surface area (Å²) in [7, 11) is 0. The first kappa shape index (κ1) is 12.2. The molecule has 0 aromatic heterocycles. The molecule has 2 heteroatoms. The van der Waals surface area contributed by atoms with E-state index in [2.05, 4.69) is 19.7 Å². The van der Waals surface area contributed by atoms with Gasteiger partial charge in [0.1, 0.15) is 5.75 Å². The maximum atomic E-state index is 9.49. The molecule has 1 rings (SSSR count). The summed E-state index contributed by atoms with van der Waals surface area (Å²) in [6.45, 7) is 11.0.